The highest BCUT2D eigenvalue weighted by Gasteiger charge is 2.23. The third kappa shape index (κ3) is 4.75. The summed E-state index contributed by atoms with van der Waals surface area (Å²) in [7, 11) is 1.59. The fraction of sp³-hybridized carbons (Fsp3) is 0.222. The molecular formula is C18H16ClN5O5S. The van der Waals surface area contributed by atoms with Gasteiger partial charge in [-0.3, -0.25) is 20.2 Å². The Bertz CT molecular complexity index is 1090. The van der Waals surface area contributed by atoms with E-state index in [1.165, 1.54) is 12.1 Å². The average molecular weight is 450 g/mol. The second-order valence-corrected chi connectivity index (χ2v) is 7.47. The molecule has 0 saturated heterocycles. The van der Waals surface area contributed by atoms with E-state index in [-0.39, 0.29) is 16.3 Å². The zero-order valence-electron chi connectivity index (χ0n) is 15.7. The average Bonchev–Trinajstić information content (AvgIpc) is 3.10. The molecule has 3 rings (SSSR count). The zero-order valence-corrected chi connectivity index (χ0v) is 17.3. The molecule has 1 aromatic heterocycles. The van der Waals surface area contributed by atoms with Crippen LogP contribution in [0, 0.1) is 20.2 Å². The quantitative estimate of drug-likeness (QED) is 0.263. The summed E-state index contributed by atoms with van der Waals surface area (Å²) in [5.41, 5.74) is -0.0570. The second-order valence-electron chi connectivity index (χ2n) is 6.05. The number of ether oxygens (including phenoxy) is 1. The zero-order chi connectivity index (χ0) is 21.7. The number of methoxy groups -OCH3 is 1. The lowest BCUT2D eigenvalue weighted by Gasteiger charge is -2.11. The molecule has 0 aliphatic heterocycles. The van der Waals surface area contributed by atoms with Crippen molar-refractivity contribution in [3.05, 3.63) is 67.7 Å². The first-order chi connectivity index (χ1) is 14.4. The van der Waals surface area contributed by atoms with E-state index in [9.17, 15) is 20.2 Å². The number of hydrogen-bond acceptors (Lipinski definition) is 8. The van der Waals surface area contributed by atoms with Crippen molar-refractivity contribution in [1.82, 2.24) is 14.8 Å². The van der Waals surface area contributed by atoms with Gasteiger partial charge in [-0.25, -0.2) is 0 Å². The van der Waals surface area contributed by atoms with Crippen LogP contribution in [0.4, 0.5) is 11.4 Å². The lowest BCUT2D eigenvalue weighted by atomic mass is 10.2. The van der Waals surface area contributed by atoms with Crippen LogP contribution in [-0.4, -0.2) is 38.3 Å². The van der Waals surface area contributed by atoms with E-state index in [4.69, 9.17) is 16.3 Å². The highest BCUT2D eigenvalue weighted by molar-refractivity contribution is 7.99. The van der Waals surface area contributed by atoms with Crippen molar-refractivity contribution in [2.75, 3.05) is 13.7 Å². The van der Waals surface area contributed by atoms with E-state index in [1.54, 1.807) is 23.8 Å². The van der Waals surface area contributed by atoms with Gasteiger partial charge < -0.3 is 9.30 Å². The lowest BCUT2D eigenvalue weighted by Crippen LogP contribution is -2.05. The number of halogens is 1. The van der Waals surface area contributed by atoms with Gasteiger partial charge in [0.1, 0.15) is 0 Å². The van der Waals surface area contributed by atoms with Gasteiger partial charge >= 0.3 is 0 Å². The van der Waals surface area contributed by atoms with Crippen molar-refractivity contribution in [3.8, 4) is 11.4 Å². The monoisotopic (exact) mass is 449 g/mol. The SMILES string of the molecule is COCCCn1c(Sc2ccc([N+](=O)[O-])cc2[N+](=O)[O-])nnc1-c1ccccc1Cl. The topological polar surface area (TPSA) is 126 Å². The molecule has 156 valence electrons. The molecule has 30 heavy (non-hydrogen) atoms. The Morgan fingerprint density at radius 1 is 1.13 bits per heavy atom. The van der Waals surface area contributed by atoms with Gasteiger partial charge in [0.15, 0.2) is 11.0 Å². The smallest absolute Gasteiger partial charge is 0.290 e. The van der Waals surface area contributed by atoms with Crippen LogP contribution in [0.3, 0.4) is 0 Å². The van der Waals surface area contributed by atoms with Gasteiger partial charge in [-0.2, -0.15) is 0 Å². The number of aromatic nitrogens is 3. The summed E-state index contributed by atoms with van der Waals surface area (Å²) < 4.78 is 6.92. The first kappa shape index (κ1) is 21.7. The van der Waals surface area contributed by atoms with E-state index in [0.29, 0.717) is 41.1 Å². The summed E-state index contributed by atoms with van der Waals surface area (Å²) in [4.78, 5) is 21.3. The maximum absolute atomic E-state index is 11.4. The van der Waals surface area contributed by atoms with E-state index in [2.05, 4.69) is 10.2 Å². The molecule has 12 heteroatoms. The predicted octanol–water partition coefficient (Wildman–Crippen LogP) is 4.60. The number of non-ortho nitro benzene ring substituents is 1. The van der Waals surface area contributed by atoms with Crippen LogP contribution in [-0.2, 0) is 11.3 Å². The summed E-state index contributed by atoms with van der Waals surface area (Å²) in [5, 5.41) is 31.7. The van der Waals surface area contributed by atoms with Gasteiger partial charge in [0.05, 0.1) is 25.8 Å². The van der Waals surface area contributed by atoms with Gasteiger partial charge in [-0.15, -0.1) is 10.2 Å². The standard InChI is InChI=1S/C18H16ClN5O5S/c1-29-10-4-9-22-17(13-5-2-3-6-14(13)19)20-21-18(22)30-16-8-7-12(23(25)26)11-15(16)24(27)28/h2-3,5-8,11H,4,9-10H2,1H3. The van der Waals surface area contributed by atoms with Crippen molar-refractivity contribution < 1.29 is 14.6 Å². The van der Waals surface area contributed by atoms with Crippen LogP contribution in [0.1, 0.15) is 6.42 Å². The molecule has 3 aromatic rings. The molecule has 2 aromatic carbocycles. The van der Waals surface area contributed by atoms with Crippen LogP contribution in [0.15, 0.2) is 52.5 Å². The molecule has 0 amide bonds. The first-order valence-electron chi connectivity index (χ1n) is 8.70. The third-order valence-electron chi connectivity index (χ3n) is 4.11. The maximum Gasteiger partial charge on any atom is 0.290 e. The fourth-order valence-corrected chi connectivity index (χ4v) is 3.88. The molecule has 0 aliphatic carbocycles. The molecule has 0 fully saturated rings. The molecule has 0 atom stereocenters. The van der Waals surface area contributed by atoms with Crippen LogP contribution in [0.5, 0.6) is 0 Å². The highest BCUT2D eigenvalue weighted by Crippen LogP contribution is 2.38. The van der Waals surface area contributed by atoms with Gasteiger partial charge in [-0.1, -0.05) is 23.7 Å². The fourth-order valence-electron chi connectivity index (χ4n) is 2.72. The minimum atomic E-state index is -0.676. The van der Waals surface area contributed by atoms with Crippen molar-refractivity contribution in [2.45, 2.75) is 23.0 Å². The number of nitro benzene ring substituents is 2. The Morgan fingerprint density at radius 2 is 1.90 bits per heavy atom. The van der Waals surface area contributed by atoms with Crippen molar-refractivity contribution >= 4 is 34.7 Å². The predicted molar refractivity (Wildman–Crippen MR) is 111 cm³/mol. The van der Waals surface area contributed by atoms with Crippen LogP contribution in [0.2, 0.25) is 5.02 Å². The molecule has 0 radical (unpaired) electrons. The minimum Gasteiger partial charge on any atom is -0.385 e. The summed E-state index contributed by atoms with van der Waals surface area (Å²) in [5.74, 6) is 0.517. The molecule has 1 heterocycles. The van der Waals surface area contributed by atoms with Crippen molar-refractivity contribution in [1.29, 1.82) is 0 Å². The Labute approximate surface area is 180 Å². The van der Waals surface area contributed by atoms with E-state index < -0.39 is 9.85 Å². The molecule has 0 bridgehead atoms. The summed E-state index contributed by atoms with van der Waals surface area (Å²) in [6.07, 6.45) is 0.655. The summed E-state index contributed by atoms with van der Waals surface area (Å²) in [6, 6.07) is 10.7. The van der Waals surface area contributed by atoms with E-state index in [1.807, 2.05) is 12.1 Å². The van der Waals surface area contributed by atoms with Gasteiger partial charge in [0, 0.05) is 31.9 Å². The summed E-state index contributed by atoms with van der Waals surface area (Å²) >= 11 is 7.32. The number of nitrogens with zero attached hydrogens (tertiary/aromatic N) is 5. The Hall–Kier alpha value is -3.02. The second kappa shape index (κ2) is 9.65. The molecule has 0 N–H and O–H groups in total. The normalized spacial score (nSPS) is 10.9. The molecule has 0 spiro atoms. The van der Waals surface area contributed by atoms with E-state index in [0.717, 1.165) is 17.8 Å². The molecule has 10 nitrogen and oxygen atoms in total. The van der Waals surface area contributed by atoms with Crippen LogP contribution in [0.25, 0.3) is 11.4 Å². The number of benzene rings is 2. The Balaban J connectivity index is 2.03. The molecule has 0 aliphatic rings. The Kier molecular flexibility index (Phi) is 6.98. The van der Waals surface area contributed by atoms with Gasteiger partial charge in [0.2, 0.25) is 0 Å². The van der Waals surface area contributed by atoms with Crippen molar-refractivity contribution in [3.63, 3.8) is 0 Å². The number of rotatable bonds is 9. The van der Waals surface area contributed by atoms with E-state index >= 15 is 0 Å². The maximum atomic E-state index is 11.4. The summed E-state index contributed by atoms with van der Waals surface area (Å²) in [6.45, 7) is 0.992. The molecule has 0 saturated carbocycles. The van der Waals surface area contributed by atoms with Gasteiger partial charge in [0.25, 0.3) is 11.4 Å². The lowest BCUT2D eigenvalue weighted by molar-refractivity contribution is -0.396. The highest BCUT2D eigenvalue weighted by atomic mass is 35.5. The first-order valence-corrected chi connectivity index (χ1v) is 9.89. The largest absolute Gasteiger partial charge is 0.385 e. The van der Waals surface area contributed by atoms with Gasteiger partial charge in [-0.05, 0) is 36.4 Å². The third-order valence-corrected chi connectivity index (χ3v) is 5.49. The van der Waals surface area contributed by atoms with Crippen LogP contribution >= 0.6 is 23.4 Å². The Morgan fingerprint density at radius 3 is 2.57 bits per heavy atom. The molecule has 0 unspecified atom stereocenters. The van der Waals surface area contributed by atoms with Crippen LogP contribution < -0.4 is 0 Å². The minimum absolute atomic E-state index is 0.219. The van der Waals surface area contributed by atoms with Crippen molar-refractivity contribution in [2.24, 2.45) is 0 Å². The molecular weight excluding hydrogens is 434 g/mol. The number of nitro groups is 2. The number of hydrogen-bond donors (Lipinski definition) is 0.